The Labute approximate surface area is 190 Å². The summed E-state index contributed by atoms with van der Waals surface area (Å²) in [5, 5.41) is 0.484. The van der Waals surface area contributed by atoms with Crippen LogP contribution in [0.15, 0.2) is 24.3 Å². The summed E-state index contributed by atoms with van der Waals surface area (Å²) >= 11 is 2.36. The van der Waals surface area contributed by atoms with Crippen molar-refractivity contribution in [3.05, 3.63) is 27.8 Å². The fourth-order valence-corrected chi connectivity index (χ4v) is 4.71. The third-order valence-corrected chi connectivity index (χ3v) is 16.2. The second-order valence-corrected chi connectivity index (χ2v) is 21.5. The molecule has 0 heterocycles. The highest BCUT2D eigenvalue weighted by atomic mass is 127. The minimum Gasteiger partial charge on any atom is -0.415 e. The van der Waals surface area contributed by atoms with Crippen LogP contribution in [-0.4, -0.2) is 42.9 Å². The molecule has 6 heteroatoms. The van der Waals surface area contributed by atoms with Gasteiger partial charge in [0.15, 0.2) is 16.6 Å². The van der Waals surface area contributed by atoms with E-state index in [4.69, 9.17) is 8.85 Å². The summed E-state index contributed by atoms with van der Waals surface area (Å²) in [7, 11) is -3.44. The van der Waals surface area contributed by atoms with Gasteiger partial charge in [0.05, 0.1) is 13.2 Å². The van der Waals surface area contributed by atoms with Gasteiger partial charge < -0.3 is 13.8 Å². The molecule has 0 atom stereocenters. The Kier molecular flexibility index (Phi) is 9.28. The minimum atomic E-state index is -1.72. The molecule has 1 aromatic rings. The van der Waals surface area contributed by atoms with Gasteiger partial charge in [-0.1, -0.05) is 41.5 Å². The van der Waals surface area contributed by atoms with Crippen molar-refractivity contribution in [2.45, 2.75) is 77.8 Å². The molecule has 0 fully saturated rings. The number of hydrogen-bond donors (Lipinski definition) is 0. The molecule has 0 saturated carbocycles. The summed E-state index contributed by atoms with van der Waals surface area (Å²) in [6.07, 6.45) is 0. The maximum atomic E-state index is 6.43. The summed E-state index contributed by atoms with van der Waals surface area (Å²) in [6.45, 7) is 26.4. The highest BCUT2D eigenvalue weighted by Gasteiger charge is 2.38. The molecular formula is C22H42INO2Si2. The molecule has 3 nitrogen and oxygen atoms in total. The Hall–Kier alpha value is 0.104. The standard InChI is InChI=1S/C22H42INO2Si2/c1-21(2,3)27(7,8)25-17-15-24(20-13-11-19(23)12-14-20)16-18-26-28(9,10)22(4,5)6/h11-14H,15-18H2,1-10H3. The second kappa shape index (κ2) is 9.94. The molecule has 0 unspecified atom stereocenters. The number of nitrogens with zero attached hydrogens (tertiary/aromatic N) is 1. The van der Waals surface area contributed by atoms with Crippen molar-refractivity contribution < 1.29 is 8.85 Å². The smallest absolute Gasteiger partial charge is 0.192 e. The van der Waals surface area contributed by atoms with Gasteiger partial charge in [0, 0.05) is 22.3 Å². The van der Waals surface area contributed by atoms with Gasteiger partial charge in [-0.15, -0.1) is 0 Å². The summed E-state index contributed by atoms with van der Waals surface area (Å²) in [5.74, 6) is 0. The average Bonchev–Trinajstić information content (AvgIpc) is 2.52. The first-order valence-electron chi connectivity index (χ1n) is 10.4. The largest absolute Gasteiger partial charge is 0.415 e. The maximum Gasteiger partial charge on any atom is 0.192 e. The summed E-state index contributed by atoms with van der Waals surface area (Å²) in [6, 6.07) is 8.76. The van der Waals surface area contributed by atoms with Crippen molar-refractivity contribution in [3.8, 4) is 0 Å². The summed E-state index contributed by atoms with van der Waals surface area (Å²) < 4.78 is 14.1. The van der Waals surface area contributed by atoms with Gasteiger partial charge in [-0.25, -0.2) is 0 Å². The normalized spacial score (nSPS) is 13.7. The number of rotatable bonds is 9. The average molecular weight is 536 g/mol. The Morgan fingerprint density at radius 2 is 1.11 bits per heavy atom. The molecule has 1 rings (SSSR count). The zero-order chi connectivity index (χ0) is 21.8. The Morgan fingerprint density at radius 3 is 1.43 bits per heavy atom. The topological polar surface area (TPSA) is 21.7 Å². The number of benzene rings is 1. The lowest BCUT2D eigenvalue weighted by atomic mass is 10.2. The van der Waals surface area contributed by atoms with Gasteiger partial charge in [-0.2, -0.15) is 0 Å². The SMILES string of the molecule is CC(C)(C)[Si](C)(C)OCCN(CCO[Si](C)(C)C(C)(C)C)c1ccc(I)cc1. The van der Waals surface area contributed by atoms with Crippen LogP contribution in [0.4, 0.5) is 5.69 Å². The third kappa shape index (κ3) is 7.74. The molecular weight excluding hydrogens is 493 g/mol. The van der Waals surface area contributed by atoms with Crippen molar-refractivity contribution in [2.24, 2.45) is 0 Å². The van der Waals surface area contributed by atoms with E-state index in [0.29, 0.717) is 0 Å². The van der Waals surface area contributed by atoms with Crippen LogP contribution in [0, 0.1) is 3.57 Å². The van der Waals surface area contributed by atoms with Crippen molar-refractivity contribution in [1.82, 2.24) is 0 Å². The third-order valence-electron chi connectivity index (χ3n) is 6.45. The van der Waals surface area contributed by atoms with Gasteiger partial charge in [0.1, 0.15) is 0 Å². The Morgan fingerprint density at radius 1 is 0.750 bits per heavy atom. The second-order valence-electron chi connectivity index (χ2n) is 10.7. The lowest BCUT2D eigenvalue weighted by Gasteiger charge is -2.38. The highest BCUT2D eigenvalue weighted by Crippen LogP contribution is 2.37. The van der Waals surface area contributed by atoms with E-state index in [1.54, 1.807) is 0 Å². The van der Waals surface area contributed by atoms with E-state index in [-0.39, 0.29) is 10.1 Å². The lowest BCUT2D eigenvalue weighted by molar-refractivity contribution is 0.276. The molecule has 0 amide bonds. The molecule has 28 heavy (non-hydrogen) atoms. The number of hydrogen-bond acceptors (Lipinski definition) is 3. The molecule has 0 aromatic heterocycles. The van der Waals surface area contributed by atoms with E-state index < -0.39 is 16.6 Å². The van der Waals surface area contributed by atoms with Crippen molar-refractivity contribution >= 4 is 44.9 Å². The summed E-state index contributed by atoms with van der Waals surface area (Å²) in [5.41, 5.74) is 1.25. The number of halogens is 1. The van der Waals surface area contributed by atoms with E-state index in [0.717, 1.165) is 26.3 Å². The zero-order valence-corrected chi connectivity index (χ0v) is 23.9. The minimum absolute atomic E-state index is 0.242. The Balaban J connectivity index is 2.77. The van der Waals surface area contributed by atoms with Gasteiger partial charge >= 0.3 is 0 Å². The quantitative estimate of drug-likeness (QED) is 0.248. The Bertz CT molecular complexity index is 572. The molecule has 0 aliphatic heterocycles. The molecule has 0 N–H and O–H groups in total. The van der Waals surface area contributed by atoms with Gasteiger partial charge in [-0.3, -0.25) is 0 Å². The van der Waals surface area contributed by atoms with Gasteiger partial charge in [0.2, 0.25) is 0 Å². The highest BCUT2D eigenvalue weighted by molar-refractivity contribution is 14.1. The van der Waals surface area contributed by atoms with Crippen molar-refractivity contribution in [3.63, 3.8) is 0 Å². The molecule has 0 saturated heterocycles. The predicted octanol–water partition coefficient (Wildman–Crippen LogP) is 7.14. The van der Waals surface area contributed by atoms with Crippen LogP contribution in [0.2, 0.25) is 36.3 Å². The molecule has 162 valence electrons. The van der Waals surface area contributed by atoms with Gasteiger partial charge in [-0.05, 0) is 83.1 Å². The van der Waals surface area contributed by atoms with E-state index >= 15 is 0 Å². The van der Waals surface area contributed by atoms with E-state index in [1.165, 1.54) is 9.26 Å². The first-order chi connectivity index (χ1) is 12.6. The summed E-state index contributed by atoms with van der Waals surface area (Å²) in [4.78, 5) is 2.41. The van der Waals surface area contributed by atoms with E-state index in [1.807, 2.05) is 0 Å². The van der Waals surface area contributed by atoms with Crippen LogP contribution in [0.1, 0.15) is 41.5 Å². The van der Waals surface area contributed by atoms with Crippen LogP contribution < -0.4 is 4.90 Å². The maximum absolute atomic E-state index is 6.43. The van der Waals surface area contributed by atoms with E-state index in [9.17, 15) is 0 Å². The fraction of sp³-hybridized carbons (Fsp3) is 0.727. The molecule has 1 aromatic carbocycles. The van der Waals surface area contributed by atoms with Gasteiger partial charge in [0.25, 0.3) is 0 Å². The van der Waals surface area contributed by atoms with Crippen molar-refractivity contribution in [1.29, 1.82) is 0 Å². The predicted molar refractivity (Wildman–Crippen MR) is 138 cm³/mol. The zero-order valence-electron chi connectivity index (χ0n) is 19.8. The van der Waals surface area contributed by atoms with Crippen LogP contribution in [-0.2, 0) is 8.85 Å². The van der Waals surface area contributed by atoms with Crippen LogP contribution >= 0.6 is 22.6 Å². The molecule has 0 bridgehead atoms. The first kappa shape index (κ1) is 26.1. The molecule has 0 radical (unpaired) electrons. The van der Waals surface area contributed by atoms with E-state index in [2.05, 4.69) is 119 Å². The first-order valence-corrected chi connectivity index (χ1v) is 17.2. The van der Waals surface area contributed by atoms with Crippen molar-refractivity contribution in [2.75, 3.05) is 31.2 Å². The molecule has 0 aliphatic carbocycles. The number of anilines is 1. The van der Waals surface area contributed by atoms with Crippen LogP contribution in [0.5, 0.6) is 0 Å². The lowest BCUT2D eigenvalue weighted by Crippen LogP contribution is -2.44. The molecule has 0 aliphatic rings. The van der Waals surface area contributed by atoms with Crippen LogP contribution in [0.25, 0.3) is 0 Å². The monoisotopic (exact) mass is 535 g/mol. The van der Waals surface area contributed by atoms with Crippen LogP contribution in [0.3, 0.4) is 0 Å². The molecule has 0 spiro atoms. The fourth-order valence-electron chi connectivity index (χ4n) is 2.28.